The third-order valence-corrected chi connectivity index (χ3v) is 6.24. The van der Waals surface area contributed by atoms with Crippen LogP contribution in [0.4, 0.5) is 4.39 Å². The van der Waals surface area contributed by atoms with Crippen LogP contribution in [-0.2, 0) is 17.6 Å². The number of nitrogens with zero attached hydrogens (tertiary/aromatic N) is 2. The van der Waals surface area contributed by atoms with Gasteiger partial charge in [0.1, 0.15) is 11.4 Å². The summed E-state index contributed by atoms with van der Waals surface area (Å²) < 4.78 is 21.0. The highest BCUT2D eigenvalue weighted by Crippen LogP contribution is 2.55. The molecule has 1 aromatic heterocycles. The normalized spacial score (nSPS) is 23.7. The predicted octanol–water partition coefficient (Wildman–Crippen LogP) is 5.52. The third kappa shape index (κ3) is 3.32. The van der Waals surface area contributed by atoms with Gasteiger partial charge in [0.15, 0.2) is 0 Å². The molecule has 0 N–H and O–H groups in total. The quantitative estimate of drug-likeness (QED) is 0.541. The molecule has 1 unspecified atom stereocenters. The van der Waals surface area contributed by atoms with Crippen LogP contribution >= 0.6 is 0 Å². The fraction of sp³-hybridized carbons (Fsp3) is 0.320. The number of aryl methyl sites for hydroxylation is 1. The lowest BCUT2D eigenvalue weighted by Crippen LogP contribution is -2.28. The Kier molecular flexibility index (Phi) is 4.59. The zero-order valence-corrected chi connectivity index (χ0v) is 16.6. The fourth-order valence-electron chi connectivity index (χ4n) is 4.58. The van der Waals surface area contributed by atoms with E-state index in [1.165, 1.54) is 41.7 Å². The first kappa shape index (κ1) is 18.3. The van der Waals surface area contributed by atoms with Crippen molar-refractivity contribution in [1.29, 1.82) is 0 Å². The Bertz CT molecular complexity index is 1040. The van der Waals surface area contributed by atoms with Gasteiger partial charge in [-0.25, -0.2) is 9.07 Å². The minimum absolute atomic E-state index is 0.0120. The van der Waals surface area contributed by atoms with Gasteiger partial charge in [-0.1, -0.05) is 37.3 Å². The van der Waals surface area contributed by atoms with E-state index in [-0.39, 0.29) is 11.4 Å². The molecule has 6 rings (SSSR count). The molecule has 2 aromatic carbocycles. The van der Waals surface area contributed by atoms with E-state index >= 15 is 0 Å². The molecule has 2 aliphatic carbocycles. The largest absolute Gasteiger partial charge is 0.361 e. The molecule has 3 nitrogen and oxygen atoms in total. The molecule has 1 aliphatic heterocycles. The van der Waals surface area contributed by atoms with Crippen molar-refractivity contribution in [2.75, 3.05) is 0 Å². The lowest BCUT2D eigenvalue weighted by atomic mass is 9.77. The molecule has 3 aliphatic rings. The molecule has 29 heavy (non-hydrogen) atoms. The van der Waals surface area contributed by atoms with Crippen LogP contribution in [0.2, 0.25) is 0 Å². The maximum absolute atomic E-state index is 13.1. The van der Waals surface area contributed by atoms with Crippen LogP contribution in [0.25, 0.3) is 11.8 Å². The predicted molar refractivity (Wildman–Crippen MR) is 112 cm³/mol. The van der Waals surface area contributed by atoms with E-state index in [1.54, 1.807) is 12.1 Å². The van der Waals surface area contributed by atoms with Crippen LogP contribution in [0, 0.1) is 5.82 Å². The summed E-state index contributed by atoms with van der Waals surface area (Å²) in [5.74, 6) is -0.224. The van der Waals surface area contributed by atoms with Gasteiger partial charge in [0.25, 0.3) is 0 Å². The van der Waals surface area contributed by atoms with Crippen molar-refractivity contribution in [3.05, 3.63) is 89.0 Å². The maximum atomic E-state index is 13.1. The molecule has 0 radical (unpaired) electrons. The van der Waals surface area contributed by atoms with Crippen LogP contribution in [0.5, 0.6) is 0 Å². The van der Waals surface area contributed by atoms with Crippen LogP contribution in [0.1, 0.15) is 43.0 Å². The standard InChI is InChI=1S/C17H15FN2O.C8H10/c18-13-4-6-14(7-5-13)20-15-8-12-2-1-3-16-17(12,21-16)9-11(15)10-19-20;1-2-8-6-4-3-5-7-8/h4-8,10,16H,1-3,9H2;3-7H,2H2,1H3/t16?,17-;/m1./s1. The average Bonchev–Trinajstić information content (AvgIpc) is 3.35. The fourth-order valence-corrected chi connectivity index (χ4v) is 4.58. The van der Waals surface area contributed by atoms with E-state index in [9.17, 15) is 4.39 Å². The minimum atomic E-state index is -0.224. The second kappa shape index (κ2) is 7.27. The van der Waals surface area contributed by atoms with Crippen molar-refractivity contribution in [2.24, 2.45) is 0 Å². The van der Waals surface area contributed by atoms with Gasteiger partial charge in [-0.2, -0.15) is 5.10 Å². The van der Waals surface area contributed by atoms with E-state index in [0.29, 0.717) is 6.10 Å². The number of benzene rings is 2. The van der Waals surface area contributed by atoms with Gasteiger partial charge in [0.05, 0.1) is 23.7 Å². The Balaban J connectivity index is 0.000000193. The van der Waals surface area contributed by atoms with E-state index in [1.807, 2.05) is 16.9 Å². The third-order valence-electron chi connectivity index (χ3n) is 6.24. The molecule has 1 spiro atoms. The van der Waals surface area contributed by atoms with Gasteiger partial charge in [-0.05, 0) is 67.2 Å². The molecule has 3 aromatic rings. The lowest BCUT2D eigenvalue weighted by molar-refractivity contribution is 0.321. The number of hydrogen-bond donors (Lipinski definition) is 0. The number of rotatable bonds is 2. The van der Waals surface area contributed by atoms with Crippen molar-refractivity contribution in [3.63, 3.8) is 0 Å². The smallest absolute Gasteiger partial charge is 0.123 e. The Morgan fingerprint density at radius 1 is 1.14 bits per heavy atom. The Morgan fingerprint density at radius 3 is 2.66 bits per heavy atom. The van der Waals surface area contributed by atoms with Crippen molar-refractivity contribution in [3.8, 4) is 5.69 Å². The van der Waals surface area contributed by atoms with Crippen LogP contribution in [0.15, 0.2) is 66.4 Å². The first-order valence-electron chi connectivity index (χ1n) is 10.5. The van der Waals surface area contributed by atoms with Crippen LogP contribution in [0.3, 0.4) is 0 Å². The molecular formula is C25H25FN2O. The monoisotopic (exact) mass is 388 g/mol. The highest BCUT2D eigenvalue weighted by atomic mass is 19.1. The van der Waals surface area contributed by atoms with E-state index in [2.05, 4.69) is 42.4 Å². The summed E-state index contributed by atoms with van der Waals surface area (Å²) in [5.41, 5.74) is 6.06. The number of halogens is 1. The van der Waals surface area contributed by atoms with E-state index < -0.39 is 0 Å². The first-order chi connectivity index (χ1) is 14.2. The molecule has 2 fully saturated rings. The zero-order chi connectivity index (χ0) is 19.8. The average molecular weight is 388 g/mol. The molecular weight excluding hydrogens is 363 g/mol. The number of fused-ring (bicyclic) bond motifs is 1. The van der Waals surface area contributed by atoms with Gasteiger partial charge in [0.2, 0.25) is 0 Å². The molecule has 0 bridgehead atoms. The van der Waals surface area contributed by atoms with Gasteiger partial charge in [-0.15, -0.1) is 0 Å². The summed E-state index contributed by atoms with van der Waals surface area (Å²) in [5, 5.41) is 4.50. The number of ether oxygens (including phenoxy) is 1. The molecule has 1 saturated carbocycles. The van der Waals surface area contributed by atoms with E-state index in [4.69, 9.17) is 4.74 Å². The van der Waals surface area contributed by atoms with E-state index in [0.717, 1.165) is 30.6 Å². The summed E-state index contributed by atoms with van der Waals surface area (Å²) in [6, 6.07) is 16.9. The summed E-state index contributed by atoms with van der Waals surface area (Å²) in [4.78, 5) is 0. The van der Waals surface area contributed by atoms with Crippen molar-refractivity contribution < 1.29 is 9.13 Å². The lowest BCUT2D eigenvalue weighted by Gasteiger charge is -2.25. The Hall–Kier alpha value is -2.72. The summed E-state index contributed by atoms with van der Waals surface area (Å²) >= 11 is 0. The van der Waals surface area contributed by atoms with Crippen molar-refractivity contribution in [1.82, 2.24) is 9.78 Å². The molecule has 148 valence electrons. The SMILES string of the molecule is CCc1ccccc1.Fc1ccc(-n2ncc3c2C=C2CCCC4O[C@]24C3)cc1. The van der Waals surface area contributed by atoms with Crippen molar-refractivity contribution in [2.45, 2.75) is 50.7 Å². The zero-order valence-electron chi connectivity index (χ0n) is 16.6. The molecule has 1 saturated heterocycles. The molecule has 2 atom stereocenters. The highest BCUT2D eigenvalue weighted by molar-refractivity contribution is 5.64. The second-order valence-electron chi connectivity index (χ2n) is 8.02. The number of hydrogen-bond acceptors (Lipinski definition) is 2. The number of aromatic nitrogens is 2. The molecule has 4 heteroatoms. The van der Waals surface area contributed by atoms with Gasteiger partial charge in [0, 0.05) is 12.0 Å². The van der Waals surface area contributed by atoms with Crippen molar-refractivity contribution >= 4 is 6.08 Å². The topological polar surface area (TPSA) is 30.4 Å². The minimum Gasteiger partial charge on any atom is -0.361 e. The summed E-state index contributed by atoms with van der Waals surface area (Å²) in [6.45, 7) is 2.16. The summed E-state index contributed by atoms with van der Waals surface area (Å²) in [6.07, 6.45) is 10.2. The molecule has 2 heterocycles. The Morgan fingerprint density at radius 2 is 1.93 bits per heavy atom. The van der Waals surface area contributed by atoms with Crippen LogP contribution < -0.4 is 0 Å². The highest BCUT2D eigenvalue weighted by Gasteiger charge is 2.61. The molecule has 0 amide bonds. The first-order valence-corrected chi connectivity index (χ1v) is 10.5. The van der Waals surface area contributed by atoms with Gasteiger partial charge in [-0.3, -0.25) is 0 Å². The van der Waals surface area contributed by atoms with Gasteiger partial charge < -0.3 is 4.74 Å². The number of epoxide rings is 1. The maximum Gasteiger partial charge on any atom is 0.123 e. The second-order valence-corrected chi connectivity index (χ2v) is 8.02. The summed E-state index contributed by atoms with van der Waals surface area (Å²) in [7, 11) is 0. The van der Waals surface area contributed by atoms with Gasteiger partial charge >= 0.3 is 0 Å². The van der Waals surface area contributed by atoms with Crippen LogP contribution in [-0.4, -0.2) is 21.5 Å². The Labute approximate surface area is 170 Å².